The molecule has 0 aliphatic carbocycles. The van der Waals surface area contributed by atoms with Crippen LogP contribution in [0.3, 0.4) is 0 Å². The van der Waals surface area contributed by atoms with Crippen LogP contribution in [0, 0.1) is 10.1 Å². The second-order valence-corrected chi connectivity index (χ2v) is 6.38. The summed E-state index contributed by atoms with van der Waals surface area (Å²) < 4.78 is 0. The number of ketones is 1. The molecule has 0 aliphatic rings. The van der Waals surface area contributed by atoms with Gasteiger partial charge in [-0.1, -0.05) is 23.7 Å². The first-order valence-electron chi connectivity index (χ1n) is 6.89. The highest BCUT2D eigenvalue weighted by atomic mass is 35.5. The molecule has 2 aromatic carbocycles. The zero-order valence-corrected chi connectivity index (χ0v) is 13.8. The van der Waals surface area contributed by atoms with Crippen molar-refractivity contribution in [2.75, 3.05) is 5.73 Å². The minimum absolute atomic E-state index is 0.0397. The molecular formula is C17H11ClN2O3S. The molecule has 0 saturated heterocycles. The Morgan fingerprint density at radius 1 is 1.17 bits per heavy atom. The van der Waals surface area contributed by atoms with E-state index in [4.69, 9.17) is 17.3 Å². The summed E-state index contributed by atoms with van der Waals surface area (Å²) in [5, 5.41) is 13.6. The van der Waals surface area contributed by atoms with Gasteiger partial charge in [0.25, 0.3) is 5.69 Å². The quantitative estimate of drug-likeness (QED) is 0.412. The molecule has 0 radical (unpaired) electrons. The SMILES string of the molecule is Nc1scc(-c2cccc([N+](=O)[O-])c2)c1C(=O)c1ccc(Cl)cc1. The number of hydrogen-bond donors (Lipinski definition) is 1. The molecule has 1 aromatic heterocycles. The van der Waals surface area contributed by atoms with Gasteiger partial charge in [0.2, 0.25) is 0 Å². The Morgan fingerprint density at radius 2 is 1.88 bits per heavy atom. The zero-order valence-electron chi connectivity index (χ0n) is 12.2. The molecule has 0 saturated carbocycles. The molecule has 7 heteroatoms. The summed E-state index contributed by atoms with van der Waals surface area (Å²) in [5.41, 5.74) is 7.91. The van der Waals surface area contributed by atoms with Crippen LogP contribution in [0.1, 0.15) is 15.9 Å². The molecule has 0 bridgehead atoms. The lowest BCUT2D eigenvalue weighted by Gasteiger charge is -2.06. The first-order chi connectivity index (χ1) is 11.5. The minimum atomic E-state index is -0.472. The van der Waals surface area contributed by atoms with Crippen molar-refractivity contribution in [1.82, 2.24) is 0 Å². The summed E-state index contributed by atoms with van der Waals surface area (Å²) in [6.07, 6.45) is 0. The summed E-state index contributed by atoms with van der Waals surface area (Å²) in [6, 6.07) is 12.6. The van der Waals surface area contributed by atoms with Gasteiger partial charge in [-0.25, -0.2) is 0 Å². The topological polar surface area (TPSA) is 86.2 Å². The zero-order chi connectivity index (χ0) is 17.3. The van der Waals surface area contributed by atoms with Crippen LogP contribution in [0.5, 0.6) is 0 Å². The van der Waals surface area contributed by atoms with Gasteiger partial charge in [-0.2, -0.15) is 0 Å². The Morgan fingerprint density at radius 3 is 2.54 bits per heavy atom. The van der Waals surface area contributed by atoms with Gasteiger partial charge in [-0.15, -0.1) is 11.3 Å². The van der Waals surface area contributed by atoms with E-state index in [2.05, 4.69) is 0 Å². The van der Waals surface area contributed by atoms with E-state index in [1.165, 1.54) is 23.5 Å². The molecule has 0 amide bonds. The van der Waals surface area contributed by atoms with E-state index in [1.54, 1.807) is 41.8 Å². The highest BCUT2D eigenvalue weighted by molar-refractivity contribution is 7.15. The van der Waals surface area contributed by atoms with Gasteiger partial charge in [0.05, 0.1) is 15.5 Å². The molecule has 2 N–H and O–H groups in total. The van der Waals surface area contributed by atoms with Crippen molar-refractivity contribution >= 4 is 39.4 Å². The fourth-order valence-corrected chi connectivity index (χ4v) is 3.30. The lowest BCUT2D eigenvalue weighted by atomic mass is 9.97. The number of nitrogen functional groups attached to an aromatic ring is 1. The molecule has 0 atom stereocenters. The standard InChI is InChI=1S/C17H11ClN2O3S/c18-12-6-4-10(5-7-12)16(21)15-14(9-24-17(15)19)11-2-1-3-13(8-11)20(22)23/h1-9H,19H2. The first kappa shape index (κ1) is 16.2. The lowest BCUT2D eigenvalue weighted by Crippen LogP contribution is -2.04. The summed E-state index contributed by atoms with van der Waals surface area (Å²) in [5.74, 6) is -0.244. The summed E-state index contributed by atoms with van der Waals surface area (Å²) in [6.45, 7) is 0. The number of benzene rings is 2. The number of halogens is 1. The fraction of sp³-hybridized carbons (Fsp3) is 0. The second-order valence-electron chi connectivity index (χ2n) is 5.03. The van der Waals surface area contributed by atoms with Crippen molar-refractivity contribution in [2.45, 2.75) is 0 Å². The Kier molecular flexibility index (Phi) is 4.33. The van der Waals surface area contributed by atoms with Crippen LogP contribution in [0.2, 0.25) is 5.02 Å². The van der Waals surface area contributed by atoms with Crippen molar-refractivity contribution in [3.63, 3.8) is 0 Å². The van der Waals surface area contributed by atoms with Crippen LogP contribution in [-0.4, -0.2) is 10.7 Å². The van der Waals surface area contributed by atoms with Crippen LogP contribution >= 0.6 is 22.9 Å². The maximum Gasteiger partial charge on any atom is 0.270 e. The number of anilines is 1. The fourth-order valence-electron chi connectivity index (χ4n) is 2.35. The molecule has 3 rings (SSSR count). The number of non-ortho nitro benzene ring substituents is 1. The summed E-state index contributed by atoms with van der Waals surface area (Å²) in [7, 11) is 0. The van der Waals surface area contributed by atoms with Crippen molar-refractivity contribution in [3.05, 3.63) is 80.2 Å². The van der Waals surface area contributed by atoms with Crippen LogP contribution in [0.4, 0.5) is 10.7 Å². The number of nitro groups is 1. The number of rotatable bonds is 4. The van der Waals surface area contributed by atoms with Crippen LogP contribution in [-0.2, 0) is 0 Å². The predicted octanol–water partition coefficient (Wildman–Crippen LogP) is 4.79. The van der Waals surface area contributed by atoms with Gasteiger partial charge in [0, 0.05) is 33.7 Å². The Bertz CT molecular complexity index is 935. The maximum absolute atomic E-state index is 12.8. The van der Waals surface area contributed by atoms with E-state index in [0.29, 0.717) is 32.3 Å². The van der Waals surface area contributed by atoms with Crippen molar-refractivity contribution in [1.29, 1.82) is 0 Å². The average molecular weight is 359 g/mol. The monoisotopic (exact) mass is 358 g/mol. The third-order valence-electron chi connectivity index (χ3n) is 3.52. The van der Waals surface area contributed by atoms with Crippen LogP contribution in [0.25, 0.3) is 11.1 Å². The number of nitro benzene ring substituents is 1. The van der Waals surface area contributed by atoms with E-state index in [1.807, 2.05) is 0 Å². The predicted molar refractivity (Wildman–Crippen MR) is 95.7 cm³/mol. The molecule has 0 unspecified atom stereocenters. The van der Waals surface area contributed by atoms with E-state index in [-0.39, 0.29) is 11.5 Å². The van der Waals surface area contributed by atoms with Gasteiger partial charge >= 0.3 is 0 Å². The molecule has 5 nitrogen and oxygen atoms in total. The number of carbonyl (C=O) groups is 1. The molecule has 0 fully saturated rings. The smallest absolute Gasteiger partial charge is 0.270 e. The van der Waals surface area contributed by atoms with Crippen LogP contribution < -0.4 is 5.73 Å². The third-order valence-corrected chi connectivity index (χ3v) is 4.58. The number of nitrogens with zero attached hydrogens (tertiary/aromatic N) is 1. The third kappa shape index (κ3) is 3.02. The van der Waals surface area contributed by atoms with Crippen molar-refractivity contribution in [3.8, 4) is 11.1 Å². The van der Waals surface area contributed by atoms with E-state index in [0.717, 1.165) is 0 Å². The highest BCUT2D eigenvalue weighted by Crippen LogP contribution is 2.36. The van der Waals surface area contributed by atoms with Gasteiger partial charge < -0.3 is 5.73 Å². The Hall–Kier alpha value is -2.70. The van der Waals surface area contributed by atoms with E-state index in [9.17, 15) is 14.9 Å². The molecule has 0 aliphatic heterocycles. The average Bonchev–Trinajstić information content (AvgIpc) is 2.96. The molecule has 3 aromatic rings. The Labute approximate surface area is 146 Å². The first-order valence-corrected chi connectivity index (χ1v) is 8.15. The minimum Gasteiger partial charge on any atom is -0.390 e. The highest BCUT2D eigenvalue weighted by Gasteiger charge is 2.21. The molecule has 0 spiro atoms. The van der Waals surface area contributed by atoms with Gasteiger partial charge in [0.15, 0.2) is 5.78 Å². The molecule has 24 heavy (non-hydrogen) atoms. The number of nitrogens with two attached hydrogens (primary N) is 1. The number of carbonyl (C=O) groups excluding carboxylic acids is 1. The Balaban J connectivity index is 2.09. The van der Waals surface area contributed by atoms with E-state index >= 15 is 0 Å². The normalized spacial score (nSPS) is 10.5. The molecule has 120 valence electrons. The van der Waals surface area contributed by atoms with Crippen molar-refractivity contribution in [2.24, 2.45) is 0 Å². The molecular weight excluding hydrogens is 348 g/mol. The summed E-state index contributed by atoms with van der Waals surface area (Å²) in [4.78, 5) is 23.3. The largest absolute Gasteiger partial charge is 0.390 e. The summed E-state index contributed by atoms with van der Waals surface area (Å²) >= 11 is 7.08. The second kappa shape index (κ2) is 6.43. The van der Waals surface area contributed by atoms with E-state index < -0.39 is 4.92 Å². The van der Waals surface area contributed by atoms with Gasteiger partial charge in [-0.05, 0) is 29.8 Å². The van der Waals surface area contributed by atoms with Crippen molar-refractivity contribution < 1.29 is 9.72 Å². The number of hydrogen-bond acceptors (Lipinski definition) is 5. The maximum atomic E-state index is 12.8. The number of thiophene rings is 1. The molecule has 1 heterocycles. The van der Waals surface area contributed by atoms with Gasteiger partial charge in [-0.3, -0.25) is 14.9 Å². The lowest BCUT2D eigenvalue weighted by molar-refractivity contribution is -0.384. The van der Waals surface area contributed by atoms with Gasteiger partial charge in [0.1, 0.15) is 0 Å². The van der Waals surface area contributed by atoms with Crippen LogP contribution in [0.15, 0.2) is 53.9 Å².